The molecule has 19 heavy (non-hydrogen) atoms. The zero-order valence-electron chi connectivity index (χ0n) is 11.0. The first-order valence-electron chi connectivity index (χ1n) is 5.64. The quantitative estimate of drug-likeness (QED) is 0.370. The number of rotatable bonds is 4. The molecule has 0 radical (unpaired) electrons. The van der Waals surface area contributed by atoms with Gasteiger partial charge in [-0.1, -0.05) is 19.9 Å². The van der Waals surface area contributed by atoms with Crippen LogP contribution in [-0.4, -0.2) is 26.9 Å². The van der Waals surface area contributed by atoms with Gasteiger partial charge in [-0.05, 0) is 23.6 Å². The molecule has 0 aromatic heterocycles. The van der Waals surface area contributed by atoms with Gasteiger partial charge >= 0.3 is 0 Å². The summed E-state index contributed by atoms with van der Waals surface area (Å²) in [6, 6.07) is 4.59. The maximum atomic E-state index is 11.8. The topological polar surface area (TPSA) is 102 Å². The predicted molar refractivity (Wildman–Crippen MR) is 73.8 cm³/mol. The smallest absolute Gasteiger partial charge is 0.256 e. The van der Waals surface area contributed by atoms with Crippen LogP contribution in [-0.2, 0) is 9.84 Å². The van der Waals surface area contributed by atoms with Gasteiger partial charge in [-0.3, -0.25) is 4.79 Å². The van der Waals surface area contributed by atoms with Crippen molar-refractivity contribution in [2.24, 2.45) is 10.9 Å². The van der Waals surface area contributed by atoms with E-state index in [9.17, 15) is 13.2 Å². The molecule has 0 aliphatic rings. The Balaban J connectivity index is 3.31. The van der Waals surface area contributed by atoms with E-state index in [1.54, 1.807) is 12.1 Å². The molecule has 0 unspecified atom stereocenters. The first-order chi connectivity index (χ1) is 8.77. The highest BCUT2D eigenvalue weighted by Crippen LogP contribution is 2.24. The normalized spacial score (nSPS) is 12.0. The Bertz CT molecular complexity index is 607. The number of benzene rings is 1. The number of sulfone groups is 1. The molecule has 0 aliphatic heterocycles. The number of hydrogen-bond acceptors (Lipinski definition) is 5. The fourth-order valence-electron chi connectivity index (χ4n) is 1.65. The summed E-state index contributed by atoms with van der Waals surface area (Å²) >= 11 is 0. The maximum absolute atomic E-state index is 11.8. The number of nitrogens with zero attached hydrogens (tertiary/aromatic N) is 1. The van der Waals surface area contributed by atoms with E-state index in [-0.39, 0.29) is 16.4 Å². The number of carbonyl (C=O) groups is 1. The lowest BCUT2D eigenvalue weighted by Gasteiger charge is -2.12. The lowest BCUT2D eigenvalue weighted by molar-refractivity contribution is 0.0978. The second-order valence-electron chi connectivity index (χ2n) is 4.43. The van der Waals surface area contributed by atoms with Crippen molar-refractivity contribution in [2.75, 3.05) is 6.26 Å². The highest BCUT2D eigenvalue weighted by Gasteiger charge is 2.18. The van der Waals surface area contributed by atoms with Crippen LogP contribution in [0.15, 0.2) is 28.2 Å². The van der Waals surface area contributed by atoms with Crippen LogP contribution in [0, 0.1) is 0 Å². The van der Waals surface area contributed by atoms with E-state index < -0.39 is 15.7 Å². The van der Waals surface area contributed by atoms with E-state index >= 15 is 0 Å². The molecule has 0 bridgehead atoms. The van der Waals surface area contributed by atoms with Gasteiger partial charge in [-0.2, -0.15) is 5.10 Å². The zero-order chi connectivity index (χ0) is 14.6. The molecule has 7 heteroatoms. The fraction of sp³-hybridized carbons (Fsp3) is 0.333. The summed E-state index contributed by atoms with van der Waals surface area (Å²) in [6.07, 6.45) is 2.16. The molecule has 3 N–H and O–H groups in total. The average molecular weight is 283 g/mol. The van der Waals surface area contributed by atoms with Crippen molar-refractivity contribution in [1.82, 2.24) is 5.32 Å². The standard InChI is InChI=1S/C12H17N3O3S/c1-8(2)10-5-4-9(12(16)14-7-15-13)6-11(10)19(3,17)18/h4-8H,13H2,1-3H3,(H,14,15,16). The van der Waals surface area contributed by atoms with Crippen molar-refractivity contribution in [2.45, 2.75) is 24.7 Å². The Morgan fingerprint density at radius 2 is 2.05 bits per heavy atom. The molecule has 0 aliphatic carbocycles. The van der Waals surface area contributed by atoms with Gasteiger partial charge in [0.1, 0.15) is 6.34 Å². The molecular weight excluding hydrogens is 266 g/mol. The number of nitrogens with one attached hydrogen (secondary N) is 1. The summed E-state index contributed by atoms with van der Waals surface area (Å²) in [5, 5.41) is 5.47. The Hall–Kier alpha value is -1.89. The SMILES string of the molecule is CC(C)c1ccc(C(=O)NC=NN)cc1S(C)(=O)=O. The Kier molecular flexibility index (Phi) is 4.66. The van der Waals surface area contributed by atoms with Gasteiger partial charge in [0.25, 0.3) is 5.91 Å². The molecule has 6 nitrogen and oxygen atoms in total. The molecule has 1 aromatic rings. The molecule has 1 rings (SSSR count). The van der Waals surface area contributed by atoms with Crippen molar-refractivity contribution < 1.29 is 13.2 Å². The van der Waals surface area contributed by atoms with Crippen molar-refractivity contribution in [3.8, 4) is 0 Å². The van der Waals surface area contributed by atoms with Gasteiger partial charge in [0.2, 0.25) is 0 Å². The largest absolute Gasteiger partial charge is 0.322 e. The number of hydrazone groups is 1. The number of nitrogens with two attached hydrogens (primary N) is 1. The van der Waals surface area contributed by atoms with Crippen LogP contribution >= 0.6 is 0 Å². The number of amides is 1. The molecule has 104 valence electrons. The minimum atomic E-state index is -3.39. The van der Waals surface area contributed by atoms with Gasteiger partial charge in [0.05, 0.1) is 4.90 Å². The molecule has 0 saturated carbocycles. The van der Waals surface area contributed by atoms with Crippen LogP contribution in [0.5, 0.6) is 0 Å². The molecule has 0 heterocycles. The molecule has 1 aromatic carbocycles. The van der Waals surface area contributed by atoms with Gasteiger partial charge in [0, 0.05) is 11.8 Å². The van der Waals surface area contributed by atoms with Gasteiger partial charge in [-0.15, -0.1) is 0 Å². The van der Waals surface area contributed by atoms with Gasteiger partial charge in [0.15, 0.2) is 9.84 Å². The van der Waals surface area contributed by atoms with E-state index in [2.05, 4.69) is 10.4 Å². The average Bonchev–Trinajstić information content (AvgIpc) is 2.34. The lowest BCUT2D eigenvalue weighted by atomic mass is 10.0. The number of carbonyl (C=O) groups excluding carboxylic acids is 1. The van der Waals surface area contributed by atoms with Gasteiger partial charge < -0.3 is 11.2 Å². The van der Waals surface area contributed by atoms with E-state index in [0.29, 0.717) is 5.56 Å². The molecular formula is C12H17N3O3S. The highest BCUT2D eigenvalue weighted by molar-refractivity contribution is 7.90. The maximum Gasteiger partial charge on any atom is 0.256 e. The minimum absolute atomic E-state index is 0.0486. The van der Waals surface area contributed by atoms with Crippen LogP contribution in [0.3, 0.4) is 0 Å². The van der Waals surface area contributed by atoms with E-state index in [1.165, 1.54) is 6.07 Å². The monoisotopic (exact) mass is 283 g/mol. The fourth-order valence-corrected chi connectivity index (χ4v) is 2.73. The van der Waals surface area contributed by atoms with Crippen molar-refractivity contribution in [3.63, 3.8) is 0 Å². The Morgan fingerprint density at radius 1 is 1.42 bits per heavy atom. The molecule has 0 spiro atoms. The molecule has 1 amide bonds. The molecule has 0 fully saturated rings. The third-order valence-corrected chi connectivity index (χ3v) is 3.72. The zero-order valence-corrected chi connectivity index (χ0v) is 11.9. The summed E-state index contributed by atoms with van der Waals surface area (Å²) in [4.78, 5) is 11.9. The van der Waals surface area contributed by atoms with E-state index in [4.69, 9.17) is 5.84 Å². The van der Waals surface area contributed by atoms with Crippen molar-refractivity contribution >= 4 is 22.1 Å². The van der Waals surface area contributed by atoms with E-state index in [1.807, 2.05) is 13.8 Å². The van der Waals surface area contributed by atoms with Gasteiger partial charge in [-0.25, -0.2) is 8.42 Å². The van der Waals surface area contributed by atoms with Crippen LogP contribution < -0.4 is 11.2 Å². The summed E-state index contributed by atoms with van der Waals surface area (Å²) in [7, 11) is -3.39. The summed E-state index contributed by atoms with van der Waals surface area (Å²) in [5.41, 5.74) is 0.927. The number of hydrogen-bond donors (Lipinski definition) is 2. The van der Waals surface area contributed by atoms with Crippen LogP contribution in [0.4, 0.5) is 0 Å². The van der Waals surface area contributed by atoms with E-state index in [0.717, 1.165) is 12.6 Å². The minimum Gasteiger partial charge on any atom is -0.322 e. The summed E-state index contributed by atoms with van der Waals surface area (Å²) in [5.74, 6) is 4.46. The lowest BCUT2D eigenvalue weighted by Crippen LogP contribution is -2.22. The molecule has 0 saturated heterocycles. The third kappa shape index (κ3) is 3.78. The highest BCUT2D eigenvalue weighted by atomic mass is 32.2. The van der Waals surface area contributed by atoms with Crippen molar-refractivity contribution in [1.29, 1.82) is 0 Å². The Morgan fingerprint density at radius 3 is 2.53 bits per heavy atom. The van der Waals surface area contributed by atoms with Crippen LogP contribution in [0.2, 0.25) is 0 Å². The van der Waals surface area contributed by atoms with Crippen LogP contribution in [0.25, 0.3) is 0 Å². The first kappa shape index (κ1) is 15.2. The Labute approximate surface area is 112 Å². The first-order valence-corrected chi connectivity index (χ1v) is 7.53. The van der Waals surface area contributed by atoms with Crippen LogP contribution in [0.1, 0.15) is 35.7 Å². The second kappa shape index (κ2) is 5.83. The predicted octanol–water partition coefficient (Wildman–Crippen LogP) is 0.845. The second-order valence-corrected chi connectivity index (χ2v) is 6.42. The van der Waals surface area contributed by atoms with Crippen molar-refractivity contribution in [3.05, 3.63) is 29.3 Å². The summed E-state index contributed by atoms with van der Waals surface area (Å²) < 4.78 is 23.5. The molecule has 0 atom stereocenters. The third-order valence-electron chi connectivity index (χ3n) is 2.57. The summed E-state index contributed by atoms with van der Waals surface area (Å²) in [6.45, 7) is 3.79.